The number of hydrogen-bond acceptors (Lipinski definition) is 1. The molecule has 0 atom stereocenters. The summed E-state index contributed by atoms with van der Waals surface area (Å²) in [5.74, 6) is 0. The van der Waals surface area contributed by atoms with Crippen molar-refractivity contribution >= 4 is 0 Å². The molecule has 1 aliphatic rings. The van der Waals surface area contributed by atoms with Crippen LogP contribution in [0.15, 0.2) is 47.7 Å². The largest absolute Gasteiger partial charge is 0.387 e. The van der Waals surface area contributed by atoms with Crippen molar-refractivity contribution in [1.82, 2.24) is 5.32 Å². The van der Waals surface area contributed by atoms with E-state index in [1.54, 1.807) is 0 Å². The lowest BCUT2D eigenvalue weighted by Gasteiger charge is -2.12. The second-order valence-corrected chi connectivity index (χ2v) is 2.95. The molecule has 0 aromatic rings. The fraction of sp³-hybridized carbons (Fsp3) is 0.273. The molecule has 0 aliphatic carbocycles. The molecule has 0 aromatic heterocycles. The quantitative estimate of drug-likeness (QED) is 0.623. The fourth-order valence-electron chi connectivity index (χ4n) is 1.03. The maximum atomic E-state index is 3.97. The molecule has 0 fully saturated rings. The van der Waals surface area contributed by atoms with Gasteiger partial charge >= 0.3 is 0 Å². The van der Waals surface area contributed by atoms with Crippen molar-refractivity contribution in [2.24, 2.45) is 0 Å². The Labute approximate surface area is 74.2 Å². The zero-order valence-electron chi connectivity index (χ0n) is 7.72. The van der Waals surface area contributed by atoms with Gasteiger partial charge in [-0.25, -0.2) is 0 Å². The predicted molar refractivity (Wildman–Crippen MR) is 53.8 cm³/mol. The maximum absolute atomic E-state index is 3.97. The van der Waals surface area contributed by atoms with Gasteiger partial charge in [0.15, 0.2) is 0 Å². The number of rotatable bonds is 1. The monoisotopic (exact) mass is 161 g/mol. The van der Waals surface area contributed by atoms with Crippen molar-refractivity contribution in [3.63, 3.8) is 0 Å². The van der Waals surface area contributed by atoms with Gasteiger partial charge in [-0.05, 0) is 37.3 Å². The first-order valence-corrected chi connectivity index (χ1v) is 4.16. The molecule has 0 unspecified atom stereocenters. The summed E-state index contributed by atoms with van der Waals surface area (Å²) < 4.78 is 0. The van der Waals surface area contributed by atoms with Gasteiger partial charge in [0.1, 0.15) is 0 Å². The van der Waals surface area contributed by atoms with E-state index in [1.165, 1.54) is 11.1 Å². The molecular formula is C11H15N. The summed E-state index contributed by atoms with van der Waals surface area (Å²) in [5, 5.41) is 3.12. The second-order valence-electron chi connectivity index (χ2n) is 2.95. The van der Waals surface area contributed by atoms with Crippen LogP contribution in [0.3, 0.4) is 0 Å². The van der Waals surface area contributed by atoms with Gasteiger partial charge in [-0.2, -0.15) is 0 Å². The SMILES string of the molecule is C=C1CNC=C/C1=C/C(C)=C\C. The van der Waals surface area contributed by atoms with Gasteiger partial charge in [0.05, 0.1) is 0 Å². The van der Waals surface area contributed by atoms with Crippen molar-refractivity contribution in [2.45, 2.75) is 13.8 Å². The first-order chi connectivity index (χ1) is 5.74. The van der Waals surface area contributed by atoms with Gasteiger partial charge in [-0.15, -0.1) is 0 Å². The van der Waals surface area contributed by atoms with Crippen LogP contribution in [0.1, 0.15) is 13.8 Å². The van der Waals surface area contributed by atoms with Crippen LogP contribution in [0.2, 0.25) is 0 Å². The Morgan fingerprint density at radius 3 is 3.00 bits per heavy atom. The molecule has 0 saturated heterocycles. The lowest BCUT2D eigenvalue weighted by Crippen LogP contribution is -2.14. The molecule has 1 N–H and O–H groups in total. The number of nitrogens with one attached hydrogen (secondary N) is 1. The summed E-state index contributed by atoms with van der Waals surface area (Å²) in [6, 6.07) is 0. The van der Waals surface area contributed by atoms with Gasteiger partial charge in [-0.1, -0.05) is 24.3 Å². The molecule has 1 heteroatoms. The summed E-state index contributed by atoms with van der Waals surface area (Å²) in [6.07, 6.45) is 8.26. The molecule has 0 saturated carbocycles. The van der Waals surface area contributed by atoms with Crippen LogP contribution >= 0.6 is 0 Å². The summed E-state index contributed by atoms with van der Waals surface area (Å²) in [7, 11) is 0. The Morgan fingerprint density at radius 1 is 1.67 bits per heavy atom. The lowest BCUT2D eigenvalue weighted by atomic mass is 10.0. The van der Waals surface area contributed by atoms with Gasteiger partial charge in [0.25, 0.3) is 0 Å². The molecule has 12 heavy (non-hydrogen) atoms. The van der Waals surface area contributed by atoms with Crippen molar-refractivity contribution in [3.8, 4) is 0 Å². The molecule has 1 nitrogen and oxygen atoms in total. The smallest absolute Gasteiger partial charge is 0.0395 e. The highest BCUT2D eigenvalue weighted by atomic mass is 14.8. The zero-order chi connectivity index (χ0) is 8.97. The van der Waals surface area contributed by atoms with Crippen LogP contribution in [0.5, 0.6) is 0 Å². The van der Waals surface area contributed by atoms with E-state index in [-0.39, 0.29) is 0 Å². The second kappa shape index (κ2) is 3.96. The third-order valence-corrected chi connectivity index (χ3v) is 1.94. The summed E-state index contributed by atoms with van der Waals surface area (Å²) in [5.41, 5.74) is 3.65. The van der Waals surface area contributed by atoms with Crippen molar-refractivity contribution in [2.75, 3.05) is 6.54 Å². The summed E-state index contributed by atoms with van der Waals surface area (Å²) in [4.78, 5) is 0. The predicted octanol–water partition coefficient (Wildman–Crippen LogP) is 2.55. The first-order valence-electron chi connectivity index (χ1n) is 4.16. The van der Waals surface area contributed by atoms with E-state index in [0.29, 0.717) is 0 Å². The Hall–Kier alpha value is -1.24. The zero-order valence-corrected chi connectivity index (χ0v) is 7.72. The average Bonchev–Trinajstić information content (AvgIpc) is 2.09. The fourth-order valence-corrected chi connectivity index (χ4v) is 1.03. The van der Waals surface area contributed by atoms with Gasteiger partial charge in [-0.3, -0.25) is 0 Å². The lowest BCUT2D eigenvalue weighted by molar-refractivity contribution is 0.926. The van der Waals surface area contributed by atoms with Crippen molar-refractivity contribution in [3.05, 3.63) is 47.7 Å². The minimum Gasteiger partial charge on any atom is -0.387 e. The third-order valence-electron chi connectivity index (χ3n) is 1.94. The van der Waals surface area contributed by atoms with Crippen molar-refractivity contribution < 1.29 is 0 Å². The molecule has 0 spiro atoms. The molecule has 64 valence electrons. The molecular weight excluding hydrogens is 146 g/mol. The Balaban J connectivity index is 2.85. The highest BCUT2D eigenvalue weighted by molar-refractivity contribution is 5.45. The van der Waals surface area contributed by atoms with Gasteiger partial charge < -0.3 is 5.32 Å². The topological polar surface area (TPSA) is 12.0 Å². The molecule has 1 aliphatic heterocycles. The molecule has 1 rings (SSSR count). The first kappa shape index (κ1) is 8.85. The normalized spacial score (nSPS) is 21.3. The Morgan fingerprint density at radius 2 is 2.42 bits per heavy atom. The molecule has 0 bridgehead atoms. The van der Waals surface area contributed by atoms with Crippen LogP contribution in [0.4, 0.5) is 0 Å². The van der Waals surface area contributed by atoms with Crippen LogP contribution in [-0.2, 0) is 0 Å². The summed E-state index contributed by atoms with van der Waals surface area (Å²) in [6.45, 7) is 8.97. The van der Waals surface area contributed by atoms with E-state index in [9.17, 15) is 0 Å². The number of hydrogen-bond donors (Lipinski definition) is 1. The molecule has 0 aromatic carbocycles. The maximum Gasteiger partial charge on any atom is 0.0395 e. The van der Waals surface area contributed by atoms with E-state index >= 15 is 0 Å². The minimum atomic E-state index is 0.860. The van der Waals surface area contributed by atoms with Crippen LogP contribution in [0, 0.1) is 0 Å². The highest BCUT2D eigenvalue weighted by Gasteiger charge is 2.02. The van der Waals surface area contributed by atoms with Gasteiger partial charge in [0.2, 0.25) is 0 Å². The highest BCUT2D eigenvalue weighted by Crippen LogP contribution is 2.14. The van der Waals surface area contributed by atoms with E-state index in [4.69, 9.17) is 0 Å². The van der Waals surface area contributed by atoms with E-state index in [0.717, 1.165) is 12.1 Å². The summed E-state index contributed by atoms with van der Waals surface area (Å²) >= 11 is 0. The molecule has 1 heterocycles. The van der Waals surface area contributed by atoms with Crippen LogP contribution < -0.4 is 5.32 Å². The number of allylic oxidation sites excluding steroid dienone is 4. The molecule has 0 radical (unpaired) electrons. The van der Waals surface area contributed by atoms with E-state index in [2.05, 4.69) is 37.0 Å². The minimum absolute atomic E-state index is 0.860. The van der Waals surface area contributed by atoms with Crippen molar-refractivity contribution in [1.29, 1.82) is 0 Å². The standard InChI is InChI=1S/C11H15N/c1-4-9(2)7-11-5-6-12-8-10(11)3/h4-7,12H,3,8H2,1-2H3/b9-4-,11-7-. The third kappa shape index (κ3) is 2.12. The van der Waals surface area contributed by atoms with Crippen LogP contribution in [-0.4, -0.2) is 6.54 Å². The van der Waals surface area contributed by atoms with Crippen LogP contribution in [0.25, 0.3) is 0 Å². The van der Waals surface area contributed by atoms with E-state index < -0.39 is 0 Å². The Kier molecular flexibility index (Phi) is 2.92. The van der Waals surface area contributed by atoms with Gasteiger partial charge in [0, 0.05) is 6.54 Å². The molecule has 0 amide bonds. The Bertz CT molecular complexity index is 267. The average molecular weight is 161 g/mol. The van der Waals surface area contributed by atoms with E-state index in [1.807, 2.05) is 13.1 Å².